The van der Waals surface area contributed by atoms with Crippen LogP contribution in [-0.4, -0.2) is 45.9 Å². The van der Waals surface area contributed by atoms with Gasteiger partial charge in [0.15, 0.2) is 0 Å². The van der Waals surface area contributed by atoms with E-state index < -0.39 is 0 Å². The summed E-state index contributed by atoms with van der Waals surface area (Å²) >= 11 is 0. The molecule has 7 nitrogen and oxygen atoms in total. The first-order valence-corrected chi connectivity index (χ1v) is 8.70. The monoisotopic (exact) mass is 370 g/mol. The Balaban J connectivity index is 1.73. The molecule has 4 rings (SSSR count). The normalized spacial score (nSPS) is 16.4. The Morgan fingerprint density at radius 3 is 2.74 bits per heavy atom. The molecule has 0 radical (unpaired) electrons. The van der Waals surface area contributed by atoms with Crippen LogP contribution in [-0.2, 0) is 11.8 Å². The molecule has 1 aliphatic heterocycles. The van der Waals surface area contributed by atoms with Crippen LogP contribution < -0.4 is 5.56 Å². The minimum absolute atomic E-state index is 0.117. The van der Waals surface area contributed by atoms with Crippen molar-refractivity contribution in [1.29, 1.82) is 0 Å². The van der Waals surface area contributed by atoms with Crippen molar-refractivity contribution in [3.63, 3.8) is 0 Å². The molecule has 0 saturated carbocycles. The number of rotatable bonds is 4. The highest BCUT2D eigenvalue weighted by atomic mass is 19.1. The molecule has 1 saturated heterocycles. The maximum absolute atomic E-state index is 13.8. The van der Waals surface area contributed by atoms with Crippen molar-refractivity contribution in [2.75, 3.05) is 26.3 Å². The Labute approximate surface area is 155 Å². The van der Waals surface area contributed by atoms with Crippen LogP contribution in [0, 0.1) is 5.82 Å². The molecule has 1 fully saturated rings. The van der Waals surface area contributed by atoms with Crippen molar-refractivity contribution in [3.8, 4) is 11.4 Å². The first-order chi connectivity index (χ1) is 13.1. The maximum Gasteiger partial charge on any atom is 0.250 e. The fourth-order valence-electron chi connectivity index (χ4n) is 3.21. The van der Waals surface area contributed by atoms with Gasteiger partial charge in [-0.25, -0.2) is 4.39 Å². The Morgan fingerprint density at radius 2 is 2.00 bits per heavy atom. The Kier molecular flexibility index (Phi) is 4.83. The molecule has 0 bridgehead atoms. The molecule has 140 valence electrons. The summed E-state index contributed by atoms with van der Waals surface area (Å²) in [6.07, 6.45) is 1.66. The summed E-state index contributed by atoms with van der Waals surface area (Å²) in [4.78, 5) is 18.3. The molecular formula is C19H19FN4O3. The van der Waals surface area contributed by atoms with Gasteiger partial charge in [-0.05, 0) is 23.8 Å². The number of nitrogens with zero attached hydrogens (tertiary/aromatic N) is 4. The molecule has 0 spiro atoms. The minimum Gasteiger partial charge on any atom is -0.379 e. The first kappa shape index (κ1) is 17.6. The third-order valence-electron chi connectivity index (χ3n) is 4.59. The van der Waals surface area contributed by atoms with Crippen LogP contribution in [0.25, 0.3) is 11.4 Å². The summed E-state index contributed by atoms with van der Waals surface area (Å²) in [5.74, 6) is 0.449. The second-order valence-electron chi connectivity index (χ2n) is 6.43. The topological polar surface area (TPSA) is 73.4 Å². The molecule has 0 N–H and O–H groups in total. The smallest absolute Gasteiger partial charge is 0.250 e. The molecule has 1 atom stereocenters. The summed E-state index contributed by atoms with van der Waals surface area (Å²) < 4.78 is 26.3. The van der Waals surface area contributed by atoms with Crippen molar-refractivity contribution in [2.24, 2.45) is 7.05 Å². The Hall–Kier alpha value is -2.84. The van der Waals surface area contributed by atoms with Crippen molar-refractivity contribution < 1.29 is 13.7 Å². The van der Waals surface area contributed by atoms with E-state index in [-0.39, 0.29) is 17.4 Å². The van der Waals surface area contributed by atoms with E-state index in [0.717, 1.165) is 5.56 Å². The van der Waals surface area contributed by atoms with E-state index >= 15 is 0 Å². The van der Waals surface area contributed by atoms with Crippen molar-refractivity contribution >= 4 is 0 Å². The van der Waals surface area contributed by atoms with Crippen LogP contribution in [0.3, 0.4) is 0 Å². The van der Waals surface area contributed by atoms with Gasteiger partial charge in [0.25, 0.3) is 0 Å². The predicted octanol–water partition coefficient (Wildman–Crippen LogP) is 2.00. The van der Waals surface area contributed by atoms with Crippen molar-refractivity contribution in [1.82, 2.24) is 19.6 Å². The quantitative estimate of drug-likeness (QED) is 0.699. The lowest BCUT2D eigenvalue weighted by molar-refractivity contribution is 0.0180. The van der Waals surface area contributed by atoms with Gasteiger partial charge in [0.05, 0.1) is 13.2 Å². The average molecular weight is 370 g/mol. The van der Waals surface area contributed by atoms with Crippen LogP contribution in [0.15, 0.2) is 51.9 Å². The van der Waals surface area contributed by atoms with Crippen LogP contribution in [0.4, 0.5) is 4.39 Å². The summed E-state index contributed by atoms with van der Waals surface area (Å²) in [6, 6.07) is 9.15. The number of hydrogen-bond acceptors (Lipinski definition) is 6. The average Bonchev–Trinajstić information content (AvgIpc) is 3.15. The van der Waals surface area contributed by atoms with Gasteiger partial charge in [0, 0.05) is 38.0 Å². The summed E-state index contributed by atoms with van der Waals surface area (Å²) in [5, 5.41) is 4.07. The van der Waals surface area contributed by atoms with E-state index in [1.54, 1.807) is 25.4 Å². The Bertz CT molecular complexity index is 994. The largest absolute Gasteiger partial charge is 0.379 e. The van der Waals surface area contributed by atoms with Gasteiger partial charge in [0.1, 0.15) is 11.9 Å². The molecule has 1 aliphatic rings. The zero-order chi connectivity index (χ0) is 18.8. The highest BCUT2D eigenvalue weighted by molar-refractivity contribution is 5.52. The standard InChI is InChI=1S/C19H19FN4O3/c1-23-12-14(5-6-16(23)25)18-21-19(27-22-18)17(24-7-9-26-10-8-24)13-3-2-4-15(20)11-13/h2-6,11-12,17H,7-10H2,1H3. The number of hydrogen-bond donors (Lipinski definition) is 0. The number of aryl methyl sites for hydroxylation is 1. The van der Waals surface area contributed by atoms with Gasteiger partial charge in [-0.2, -0.15) is 4.98 Å². The summed E-state index contributed by atoms with van der Waals surface area (Å²) in [6.45, 7) is 2.54. The van der Waals surface area contributed by atoms with Crippen LogP contribution >= 0.6 is 0 Å². The molecule has 1 aromatic carbocycles. The third kappa shape index (κ3) is 3.67. The lowest BCUT2D eigenvalue weighted by atomic mass is 10.0. The Morgan fingerprint density at radius 1 is 1.19 bits per heavy atom. The second kappa shape index (κ2) is 7.42. The fourth-order valence-corrected chi connectivity index (χ4v) is 3.21. The van der Waals surface area contributed by atoms with E-state index in [1.165, 1.54) is 22.8 Å². The van der Waals surface area contributed by atoms with Crippen molar-refractivity contribution in [2.45, 2.75) is 6.04 Å². The molecule has 3 heterocycles. The predicted molar refractivity (Wildman–Crippen MR) is 95.6 cm³/mol. The number of morpholine rings is 1. The maximum atomic E-state index is 13.8. The molecule has 1 unspecified atom stereocenters. The van der Waals surface area contributed by atoms with Gasteiger partial charge in [-0.3, -0.25) is 9.69 Å². The van der Waals surface area contributed by atoms with E-state index in [9.17, 15) is 9.18 Å². The van der Waals surface area contributed by atoms with Crippen molar-refractivity contribution in [3.05, 3.63) is 70.2 Å². The molecular weight excluding hydrogens is 351 g/mol. The van der Waals surface area contributed by atoms with E-state index in [4.69, 9.17) is 9.26 Å². The molecule has 8 heteroatoms. The molecule has 0 aliphatic carbocycles. The lowest BCUT2D eigenvalue weighted by Crippen LogP contribution is -2.39. The highest BCUT2D eigenvalue weighted by Crippen LogP contribution is 2.30. The van der Waals surface area contributed by atoms with Gasteiger partial charge in [-0.1, -0.05) is 17.3 Å². The fraction of sp³-hybridized carbons (Fsp3) is 0.316. The zero-order valence-corrected chi connectivity index (χ0v) is 14.8. The van der Waals surface area contributed by atoms with Gasteiger partial charge in [-0.15, -0.1) is 0 Å². The second-order valence-corrected chi connectivity index (χ2v) is 6.43. The number of ether oxygens (including phenoxy) is 1. The third-order valence-corrected chi connectivity index (χ3v) is 4.59. The number of benzene rings is 1. The minimum atomic E-state index is -0.363. The first-order valence-electron chi connectivity index (χ1n) is 8.70. The molecule has 27 heavy (non-hydrogen) atoms. The van der Waals surface area contributed by atoms with Gasteiger partial charge < -0.3 is 13.8 Å². The van der Waals surface area contributed by atoms with Gasteiger partial charge in [0.2, 0.25) is 17.3 Å². The zero-order valence-electron chi connectivity index (χ0n) is 14.8. The summed E-state index contributed by atoms with van der Waals surface area (Å²) in [7, 11) is 1.66. The van der Waals surface area contributed by atoms with Gasteiger partial charge >= 0.3 is 0 Å². The molecule has 0 amide bonds. The highest BCUT2D eigenvalue weighted by Gasteiger charge is 2.29. The number of halogens is 1. The van der Waals surface area contributed by atoms with Crippen LogP contribution in [0.5, 0.6) is 0 Å². The van der Waals surface area contributed by atoms with E-state index in [0.29, 0.717) is 43.6 Å². The van der Waals surface area contributed by atoms with Crippen LogP contribution in [0.2, 0.25) is 0 Å². The lowest BCUT2D eigenvalue weighted by Gasteiger charge is -2.32. The van der Waals surface area contributed by atoms with Crippen LogP contribution in [0.1, 0.15) is 17.5 Å². The number of pyridine rings is 1. The van der Waals surface area contributed by atoms with E-state index in [2.05, 4.69) is 15.0 Å². The van der Waals surface area contributed by atoms with E-state index in [1.807, 2.05) is 6.07 Å². The molecule has 2 aromatic heterocycles. The summed E-state index contributed by atoms with van der Waals surface area (Å²) in [5.41, 5.74) is 1.30. The number of aromatic nitrogens is 3. The SMILES string of the molecule is Cn1cc(-c2noc(C(c3cccc(F)c3)N3CCOCC3)n2)ccc1=O. The molecule has 3 aromatic rings.